The van der Waals surface area contributed by atoms with Gasteiger partial charge in [-0.05, 0) is 78.7 Å². The van der Waals surface area contributed by atoms with Crippen molar-refractivity contribution in [2.45, 2.75) is 96.8 Å². The number of aryl methyl sites for hydroxylation is 1. The van der Waals surface area contributed by atoms with E-state index in [0.29, 0.717) is 29.0 Å². The van der Waals surface area contributed by atoms with Gasteiger partial charge in [-0.1, -0.05) is 101 Å². The molecule has 0 aromatic heterocycles. The van der Waals surface area contributed by atoms with E-state index < -0.39 is 11.6 Å². The maximum atomic E-state index is 15.2. The molecule has 1 aliphatic rings. The van der Waals surface area contributed by atoms with Gasteiger partial charge in [-0.3, -0.25) is 0 Å². The summed E-state index contributed by atoms with van der Waals surface area (Å²) in [7, 11) is 0. The summed E-state index contributed by atoms with van der Waals surface area (Å²) in [5.41, 5.74) is 3.64. The van der Waals surface area contributed by atoms with Gasteiger partial charge in [0.25, 0.3) is 0 Å². The molecule has 3 heteroatoms. The van der Waals surface area contributed by atoms with Crippen LogP contribution in [0.5, 0.6) is 0 Å². The van der Waals surface area contributed by atoms with Crippen molar-refractivity contribution in [2.75, 3.05) is 0 Å². The van der Waals surface area contributed by atoms with Crippen LogP contribution in [0.2, 0.25) is 0 Å². The molecule has 0 nitrogen and oxygen atoms in total. The standard InChI is InChI=1S/C34H41F3/c1-3-5-7-9-24-11-13-25(14-12-24)29-20-21-30(32(35)23-29)26-15-17-27(18-16-26)31-22-19-28(10-8-6-4-2)33(36)34(31)37/h15-25H,3-14H2,1-2H3. The van der Waals surface area contributed by atoms with Crippen molar-refractivity contribution in [1.82, 2.24) is 0 Å². The molecule has 198 valence electrons. The molecular weight excluding hydrogens is 465 g/mol. The Labute approximate surface area is 221 Å². The van der Waals surface area contributed by atoms with Crippen LogP contribution in [0.3, 0.4) is 0 Å². The van der Waals surface area contributed by atoms with Gasteiger partial charge in [0.1, 0.15) is 5.82 Å². The first-order valence-corrected chi connectivity index (χ1v) is 14.4. The fraction of sp³-hybridized carbons (Fsp3) is 0.471. The van der Waals surface area contributed by atoms with Crippen molar-refractivity contribution >= 4 is 0 Å². The van der Waals surface area contributed by atoms with Gasteiger partial charge in [-0.25, -0.2) is 13.2 Å². The van der Waals surface area contributed by atoms with Crippen LogP contribution < -0.4 is 0 Å². The minimum absolute atomic E-state index is 0.219. The molecule has 0 atom stereocenters. The van der Waals surface area contributed by atoms with E-state index in [2.05, 4.69) is 19.9 Å². The molecule has 0 bridgehead atoms. The summed E-state index contributed by atoms with van der Waals surface area (Å²) in [6.45, 7) is 4.34. The molecule has 0 saturated heterocycles. The Hall–Kier alpha value is -2.55. The highest BCUT2D eigenvalue weighted by Gasteiger charge is 2.23. The molecule has 0 unspecified atom stereocenters. The van der Waals surface area contributed by atoms with Crippen LogP contribution in [0, 0.1) is 23.4 Å². The fourth-order valence-corrected chi connectivity index (χ4v) is 5.89. The van der Waals surface area contributed by atoms with Crippen LogP contribution in [0.25, 0.3) is 22.3 Å². The zero-order chi connectivity index (χ0) is 26.2. The number of unbranched alkanes of at least 4 members (excludes halogenated alkanes) is 4. The van der Waals surface area contributed by atoms with Gasteiger partial charge in [0.2, 0.25) is 0 Å². The van der Waals surface area contributed by atoms with Crippen molar-refractivity contribution in [3.05, 3.63) is 83.2 Å². The van der Waals surface area contributed by atoms with Crippen LogP contribution >= 0.6 is 0 Å². The van der Waals surface area contributed by atoms with Crippen LogP contribution in [-0.4, -0.2) is 0 Å². The van der Waals surface area contributed by atoms with Crippen molar-refractivity contribution in [1.29, 1.82) is 0 Å². The van der Waals surface area contributed by atoms with Crippen molar-refractivity contribution in [3.63, 3.8) is 0 Å². The molecule has 0 radical (unpaired) electrons. The van der Waals surface area contributed by atoms with E-state index in [1.807, 2.05) is 6.07 Å². The molecule has 0 heterocycles. The number of hydrogen-bond donors (Lipinski definition) is 0. The summed E-state index contributed by atoms with van der Waals surface area (Å²) in [5, 5.41) is 0. The van der Waals surface area contributed by atoms with E-state index in [-0.39, 0.29) is 11.4 Å². The van der Waals surface area contributed by atoms with Gasteiger partial charge in [0.15, 0.2) is 11.6 Å². The highest BCUT2D eigenvalue weighted by molar-refractivity contribution is 5.71. The van der Waals surface area contributed by atoms with Crippen LogP contribution in [0.1, 0.15) is 102 Å². The maximum absolute atomic E-state index is 15.2. The molecule has 0 N–H and O–H groups in total. The lowest BCUT2D eigenvalue weighted by molar-refractivity contribution is 0.302. The monoisotopic (exact) mass is 506 g/mol. The zero-order valence-corrected chi connectivity index (χ0v) is 22.5. The normalized spacial score (nSPS) is 17.8. The van der Waals surface area contributed by atoms with Gasteiger partial charge in [0.05, 0.1) is 0 Å². The highest BCUT2D eigenvalue weighted by Crippen LogP contribution is 2.39. The van der Waals surface area contributed by atoms with Gasteiger partial charge < -0.3 is 0 Å². The van der Waals surface area contributed by atoms with Crippen molar-refractivity contribution < 1.29 is 13.2 Å². The molecule has 1 aliphatic carbocycles. The molecule has 0 aliphatic heterocycles. The van der Waals surface area contributed by atoms with Crippen molar-refractivity contribution in [2.24, 2.45) is 5.92 Å². The predicted molar refractivity (Wildman–Crippen MR) is 149 cm³/mol. The summed E-state index contributed by atoms with van der Waals surface area (Å²) < 4.78 is 44.6. The molecule has 1 fully saturated rings. The van der Waals surface area contributed by atoms with E-state index in [4.69, 9.17) is 0 Å². The third kappa shape index (κ3) is 6.86. The molecule has 37 heavy (non-hydrogen) atoms. The number of rotatable bonds is 11. The molecule has 3 aromatic carbocycles. The van der Waals surface area contributed by atoms with Crippen molar-refractivity contribution in [3.8, 4) is 22.3 Å². The molecule has 3 aromatic rings. The van der Waals surface area contributed by atoms with Crippen LogP contribution in [0.4, 0.5) is 13.2 Å². The second-order valence-electron chi connectivity index (χ2n) is 10.9. The summed E-state index contributed by atoms with van der Waals surface area (Å²) in [6, 6.07) is 16.1. The van der Waals surface area contributed by atoms with Gasteiger partial charge in [-0.15, -0.1) is 0 Å². The largest absolute Gasteiger partial charge is 0.206 e. The Bertz CT molecular complexity index is 1140. The predicted octanol–water partition coefficient (Wildman–Crippen LogP) is 11.0. The average molecular weight is 507 g/mol. The van der Waals surface area contributed by atoms with Crippen LogP contribution in [0.15, 0.2) is 54.6 Å². The van der Waals surface area contributed by atoms with Gasteiger partial charge in [-0.2, -0.15) is 0 Å². The molecule has 4 rings (SSSR count). The summed E-state index contributed by atoms with van der Waals surface area (Å²) in [4.78, 5) is 0. The Morgan fingerprint density at radius 1 is 0.649 bits per heavy atom. The van der Waals surface area contributed by atoms with E-state index in [1.165, 1.54) is 38.5 Å². The number of hydrogen-bond acceptors (Lipinski definition) is 0. The summed E-state index contributed by atoms with van der Waals surface area (Å²) >= 11 is 0. The fourth-order valence-electron chi connectivity index (χ4n) is 5.89. The molecule has 0 amide bonds. The summed E-state index contributed by atoms with van der Waals surface area (Å²) in [5.74, 6) is -0.507. The molecular formula is C34H41F3. The van der Waals surface area contributed by atoms with E-state index in [1.54, 1.807) is 42.5 Å². The molecule has 0 spiro atoms. The smallest absolute Gasteiger partial charge is 0.166 e. The Balaban J connectivity index is 1.42. The van der Waals surface area contributed by atoms with Gasteiger partial charge >= 0.3 is 0 Å². The van der Waals surface area contributed by atoms with Gasteiger partial charge in [0, 0.05) is 11.1 Å². The average Bonchev–Trinajstić information content (AvgIpc) is 2.92. The first-order chi connectivity index (χ1) is 18.0. The first kappa shape index (κ1) is 27.5. The van der Waals surface area contributed by atoms with E-state index >= 15 is 4.39 Å². The summed E-state index contributed by atoms with van der Waals surface area (Å²) in [6.07, 6.45) is 13.5. The van der Waals surface area contributed by atoms with Crippen LogP contribution in [-0.2, 0) is 6.42 Å². The van der Waals surface area contributed by atoms with E-state index in [0.717, 1.165) is 49.1 Å². The Morgan fingerprint density at radius 2 is 1.27 bits per heavy atom. The highest BCUT2D eigenvalue weighted by atomic mass is 19.2. The first-order valence-electron chi connectivity index (χ1n) is 14.4. The third-order valence-corrected chi connectivity index (χ3v) is 8.25. The quantitative estimate of drug-likeness (QED) is 0.227. The topological polar surface area (TPSA) is 0 Å². The lowest BCUT2D eigenvalue weighted by atomic mass is 9.77. The minimum atomic E-state index is -0.808. The minimum Gasteiger partial charge on any atom is -0.206 e. The Morgan fingerprint density at radius 3 is 1.92 bits per heavy atom. The maximum Gasteiger partial charge on any atom is 0.166 e. The van der Waals surface area contributed by atoms with E-state index in [9.17, 15) is 8.78 Å². The zero-order valence-electron chi connectivity index (χ0n) is 22.5. The molecule has 1 saturated carbocycles. The number of benzene rings is 3. The third-order valence-electron chi connectivity index (χ3n) is 8.25. The second kappa shape index (κ2) is 13.3. The SMILES string of the molecule is CCCCCc1ccc(-c2ccc(-c3ccc(C4CCC(CCCCC)CC4)cc3F)cc2)c(F)c1F. The lowest BCUT2D eigenvalue weighted by Gasteiger charge is -2.29. The number of halogens is 3. The lowest BCUT2D eigenvalue weighted by Crippen LogP contribution is -2.13. The second-order valence-corrected chi connectivity index (χ2v) is 10.9. The Kier molecular flexibility index (Phi) is 9.88.